The minimum atomic E-state index is -1.32. The normalized spacial score (nSPS) is 13.5. The van der Waals surface area contributed by atoms with Crippen molar-refractivity contribution in [1.82, 2.24) is 5.32 Å². The largest absolute Gasteiger partial charge is 0.378 e. The summed E-state index contributed by atoms with van der Waals surface area (Å²) >= 11 is 2.88. The third-order valence-corrected chi connectivity index (χ3v) is 5.25. The summed E-state index contributed by atoms with van der Waals surface area (Å²) in [6.07, 6.45) is 0. The second kappa shape index (κ2) is 6.62. The Morgan fingerprint density at radius 3 is 2.65 bits per heavy atom. The molecule has 0 saturated heterocycles. The Balaban J connectivity index is 1.84. The van der Waals surface area contributed by atoms with Gasteiger partial charge in [0.05, 0.1) is 12.1 Å². The molecule has 0 aliphatic heterocycles. The van der Waals surface area contributed by atoms with Crippen LogP contribution in [0.5, 0.6) is 0 Å². The number of carbonyl (C=O) groups is 1. The molecule has 0 saturated carbocycles. The van der Waals surface area contributed by atoms with Gasteiger partial charge < -0.3 is 10.4 Å². The highest BCUT2D eigenvalue weighted by Crippen LogP contribution is 2.33. The van der Waals surface area contributed by atoms with Gasteiger partial charge in [-0.1, -0.05) is 18.2 Å². The number of nitrogens with one attached hydrogen (secondary N) is 1. The van der Waals surface area contributed by atoms with E-state index in [-0.39, 0.29) is 12.1 Å². The summed E-state index contributed by atoms with van der Waals surface area (Å²) in [4.78, 5) is 12.9. The van der Waals surface area contributed by atoms with Gasteiger partial charge in [0.1, 0.15) is 11.4 Å². The molecule has 3 aromatic rings. The predicted molar refractivity (Wildman–Crippen MR) is 90.4 cm³/mol. The van der Waals surface area contributed by atoms with Crippen LogP contribution in [0.25, 0.3) is 0 Å². The van der Waals surface area contributed by atoms with E-state index >= 15 is 0 Å². The lowest BCUT2D eigenvalue weighted by Gasteiger charge is -2.27. The zero-order valence-electron chi connectivity index (χ0n) is 12.0. The fourth-order valence-electron chi connectivity index (χ4n) is 2.29. The maximum Gasteiger partial charge on any atom is 0.254 e. The van der Waals surface area contributed by atoms with E-state index < -0.39 is 17.3 Å². The van der Waals surface area contributed by atoms with Crippen LogP contribution in [0.3, 0.4) is 0 Å². The molecule has 3 nitrogen and oxygen atoms in total. The van der Waals surface area contributed by atoms with E-state index in [2.05, 4.69) is 5.32 Å². The van der Waals surface area contributed by atoms with Crippen LogP contribution < -0.4 is 5.32 Å². The molecule has 23 heavy (non-hydrogen) atoms. The molecule has 0 bridgehead atoms. The van der Waals surface area contributed by atoms with E-state index in [1.807, 2.05) is 34.3 Å². The van der Waals surface area contributed by atoms with E-state index in [9.17, 15) is 14.3 Å². The van der Waals surface area contributed by atoms with Crippen LogP contribution in [0.4, 0.5) is 4.39 Å². The van der Waals surface area contributed by atoms with Gasteiger partial charge in [-0.05, 0) is 40.4 Å². The number of rotatable bonds is 5. The van der Waals surface area contributed by atoms with Crippen LogP contribution in [-0.4, -0.2) is 17.6 Å². The molecule has 1 atom stereocenters. The van der Waals surface area contributed by atoms with Crippen molar-refractivity contribution in [3.63, 3.8) is 0 Å². The van der Waals surface area contributed by atoms with Crippen molar-refractivity contribution in [2.75, 3.05) is 6.54 Å². The van der Waals surface area contributed by atoms with Gasteiger partial charge in [-0.25, -0.2) is 4.39 Å². The number of halogens is 1. The van der Waals surface area contributed by atoms with Gasteiger partial charge in [0, 0.05) is 10.4 Å². The number of benzene rings is 1. The van der Waals surface area contributed by atoms with Crippen molar-refractivity contribution in [3.8, 4) is 0 Å². The lowest BCUT2D eigenvalue weighted by atomic mass is 9.94. The zero-order chi connectivity index (χ0) is 16.3. The number of carbonyl (C=O) groups excluding carboxylic acids is 1. The Bertz CT molecular complexity index is 751. The molecule has 0 unspecified atom stereocenters. The molecule has 0 aliphatic carbocycles. The van der Waals surface area contributed by atoms with Gasteiger partial charge in [-0.2, -0.15) is 11.3 Å². The molecule has 118 valence electrons. The van der Waals surface area contributed by atoms with Crippen molar-refractivity contribution >= 4 is 28.6 Å². The Kier molecular flexibility index (Phi) is 4.56. The standard InChI is InChI=1S/C17H14FNO2S2/c18-14-5-2-1-4-13(14)16(20)19-11-17(21,12-7-9-22-10-12)15-6-3-8-23-15/h1-10,21H,11H2,(H,19,20)/t17-/m0/s1. The first-order chi connectivity index (χ1) is 11.1. The number of hydrogen-bond donors (Lipinski definition) is 2. The Labute approximate surface area is 141 Å². The monoisotopic (exact) mass is 347 g/mol. The molecule has 1 aromatic carbocycles. The van der Waals surface area contributed by atoms with Gasteiger partial charge in [-0.15, -0.1) is 11.3 Å². The van der Waals surface area contributed by atoms with Crippen molar-refractivity contribution in [1.29, 1.82) is 0 Å². The van der Waals surface area contributed by atoms with E-state index in [0.717, 1.165) is 4.88 Å². The molecule has 3 rings (SSSR count). The van der Waals surface area contributed by atoms with Crippen molar-refractivity contribution in [2.45, 2.75) is 5.60 Å². The fourth-order valence-corrected chi connectivity index (χ4v) is 3.86. The topological polar surface area (TPSA) is 49.3 Å². The van der Waals surface area contributed by atoms with Crippen molar-refractivity contribution in [2.24, 2.45) is 0 Å². The first kappa shape index (κ1) is 15.9. The average Bonchev–Trinajstić information content (AvgIpc) is 3.25. The lowest BCUT2D eigenvalue weighted by molar-refractivity contribution is 0.0718. The van der Waals surface area contributed by atoms with Gasteiger partial charge in [0.15, 0.2) is 0 Å². The van der Waals surface area contributed by atoms with Crippen LogP contribution in [0.2, 0.25) is 0 Å². The van der Waals surface area contributed by atoms with Gasteiger partial charge >= 0.3 is 0 Å². The molecule has 0 aliphatic rings. The van der Waals surface area contributed by atoms with Crippen LogP contribution in [0.15, 0.2) is 58.6 Å². The van der Waals surface area contributed by atoms with Crippen LogP contribution in [-0.2, 0) is 5.60 Å². The summed E-state index contributed by atoms with van der Waals surface area (Å²) in [5, 5.41) is 19.3. The minimum absolute atomic E-state index is 0.0303. The molecule has 6 heteroatoms. The number of amides is 1. The Morgan fingerprint density at radius 1 is 1.17 bits per heavy atom. The Morgan fingerprint density at radius 2 is 2.00 bits per heavy atom. The second-order valence-electron chi connectivity index (χ2n) is 5.01. The van der Waals surface area contributed by atoms with E-state index in [0.29, 0.717) is 5.56 Å². The summed E-state index contributed by atoms with van der Waals surface area (Å²) in [7, 11) is 0. The molecule has 0 spiro atoms. The highest BCUT2D eigenvalue weighted by Gasteiger charge is 2.33. The number of hydrogen-bond acceptors (Lipinski definition) is 4. The first-order valence-corrected chi connectivity index (χ1v) is 8.75. The van der Waals surface area contributed by atoms with E-state index in [4.69, 9.17) is 0 Å². The molecule has 2 aromatic heterocycles. The quantitative estimate of drug-likeness (QED) is 0.741. The maximum atomic E-state index is 13.7. The smallest absolute Gasteiger partial charge is 0.254 e. The third-order valence-electron chi connectivity index (χ3n) is 3.55. The maximum absolute atomic E-state index is 13.7. The molecule has 2 heterocycles. The lowest BCUT2D eigenvalue weighted by Crippen LogP contribution is -2.41. The highest BCUT2D eigenvalue weighted by atomic mass is 32.1. The third kappa shape index (κ3) is 3.19. The molecular formula is C17H14FNO2S2. The molecule has 0 radical (unpaired) electrons. The summed E-state index contributed by atoms with van der Waals surface area (Å²) in [5.74, 6) is -1.13. The molecular weight excluding hydrogens is 333 g/mol. The fraction of sp³-hybridized carbons (Fsp3) is 0.118. The SMILES string of the molecule is O=C(NC[C@](O)(c1ccsc1)c1cccs1)c1ccccc1F. The van der Waals surface area contributed by atoms with Crippen molar-refractivity contribution < 1.29 is 14.3 Å². The van der Waals surface area contributed by atoms with Crippen LogP contribution >= 0.6 is 22.7 Å². The molecule has 1 amide bonds. The number of aliphatic hydroxyl groups is 1. The van der Waals surface area contributed by atoms with Gasteiger partial charge in [-0.3, -0.25) is 4.79 Å². The van der Waals surface area contributed by atoms with E-state index in [1.165, 1.54) is 40.9 Å². The van der Waals surface area contributed by atoms with E-state index in [1.54, 1.807) is 6.07 Å². The van der Waals surface area contributed by atoms with Crippen LogP contribution in [0, 0.1) is 5.82 Å². The second-order valence-corrected chi connectivity index (χ2v) is 6.74. The first-order valence-electron chi connectivity index (χ1n) is 6.93. The zero-order valence-corrected chi connectivity index (χ0v) is 13.7. The number of thiophene rings is 2. The summed E-state index contributed by atoms with van der Waals surface area (Å²) in [6, 6.07) is 11.3. The van der Waals surface area contributed by atoms with Crippen LogP contribution in [0.1, 0.15) is 20.8 Å². The summed E-state index contributed by atoms with van der Waals surface area (Å²) < 4.78 is 13.7. The predicted octanol–water partition coefficient (Wildman–Crippen LogP) is 3.61. The highest BCUT2D eigenvalue weighted by molar-refractivity contribution is 7.10. The summed E-state index contributed by atoms with van der Waals surface area (Å²) in [5.41, 5.74) is -0.653. The van der Waals surface area contributed by atoms with Gasteiger partial charge in [0.2, 0.25) is 0 Å². The average molecular weight is 347 g/mol. The molecule has 0 fully saturated rings. The minimum Gasteiger partial charge on any atom is -0.378 e. The van der Waals surface area contributed by atoms with Gasteiger partial charge in [0.25, 0.3) is 5.91 Å². The summed E-state index contributed by atoms with van der Waals surface area (Å²) in [6.45, 7) is -0.0303. The van der Waals surface area contributed by atoms with Crippen molar-refractivity contribution in [3.05, 3.63) is 80.4 Å². The Hall–Kier alpha value is -2.02. The molecule has 2 N–H and O–H groups in total.